The molecule has 3 heterocycles. The molecular weight excluding hydrogens is 414 g/mol. The van der Waals surface area contributed by atoms with Gasteiger partial charge in [-0.2, -0.15) is 0 Å². The second-order valence-electron chi connectivity index (χ2n) is 6.07. The van der Waals surface area contributed by atoms with Gasteiger partial charge in [0.15, 0.2) is 5.01 Å². The highest BCUT2D eigenvalue weighted by molar-refractivity contribution is 8.14. The van der Waals surface area contributed by atoms with Gasteiger partial charge in [-0.05, 0) is 0 Å². The number of carbonyl (C=O) groups is 4. The minimum atomic E-state index is -1.10. The van der Waals surface area contributed by atoms with Crippen LogP contribution in [0.15, 0.2) is 11.6 Å². The molecule has 2 unspecified atom stereocenters. The molecule has 0 spiro atoms. The van der Waals surface area contributed by atoms with E-state index in [1.807, 2.05) is 0 Å². The smallest absolute Gasteiger partial charge is 0.318 e. The lowest BCUT2D eigenvalue weighted by molar-refractivity contribution is -0.174. The largest absolute Gasteiger partial charge is 0.428 e. The minimum absolute atomic E-state index is 0.105. The van der Waals surface area contributed by atoms with E-state index in [1.54, 1.807) is 5.38 Å². The number of amides is 1. The van der Waals surface area contributed by atoms with Crippen LogP contribution in [0, 0.1) is 5.41 Å². The molecule has 1 aromatic heterocycles. The summed E-state index contributed by atoms with van der Waals surface area (Å²) in [6.07, 6.45) is 1.53. The molecule has 0 aliphatic carbocycles. The van der Waals surface area contributed by atoms with Crippen molar-refractivity contribution in [1.29, 1.82) is 0 Å². The zero-order valence-corrected chi connectivity index (χ0v) is 16.7. The maximum atomic E-state index is 12.7. The highest BCUT2D eigenvalue weighted by Gasteiger charge is 2.56. The van der Waals surface area contributed by atoms with Gasteiger partial charge in [-0.3, -0.25) is 19.2 Å². The van der Waals surface area contributed by atoms with Gasteiger partial charge in [-0.1, -0.05) is 11.8 Å². The zero-order valence-electron chi connectivity index (χ0n) is 14.3. The molecule has 0 saturated carbocycles. The Morgan fingerprint density at radius 1 is 1.44 bits per heavy atom. The van der Waals surface area contributed by atoms with Crippen LogP contribution >= 0.6 is 34.9 Å². The van der Waals surface area contributed by atoms with Crippen molar-refractivity contribution in [3.63, 3.8) is 0 Å². The van der Waals surface area contributed by atoms with Crippen LogP contribution in [-0.4, -0.2) is 69.1 Å². The van der Waals surface area contributed by atoms with Crippen LogP contribution in [-0.2, 0) is 23.9 Å². The molecule has 1 amide bonds. The van der Waals surface area contributed by atoms with Crippen LogP contribution in [0.25, 0.3) is 0 Å². The maximum Gasteiger partial charge on any atom is 0.318 e. The number of ether oxygens (including phenoxy) is 2. The van der Waals surface area contributed by atoms with Gasteiger partial charge in [0.25, 0.3) is 0 Å². The molecule has 2 aliphatic heterocycles. The number of nitrogens with zero attached hydrogens (tertiary/aromatic N) is 2. The molecule has 0 aromatic carbocycles. The maximum absolute atomic E-state index is 12.7. The van der Waals surface area contributed by atoms with E-state index in [4.69, 9.17) is 10.5 Å². The molecular formula is C15H17N3O6S3. The molecule has 9 nitrogen and oxygen atoms in total. The number of rotatable bonds is 6. The Kier molecular flexibility index (Phi) is 6.08. The van der Waals surface area contributed by atoms with Crippen molar-refractivity contribution in [3.8, 4) is 0 Å². The van der Waals surface area contributed by atoms with Crippen molar-refractivity contribution < 1.29 is 28.7 Å². The highest BCUT2D eigenvalue weighted by atomic mass is 32.2. The summed E-state index contributed by atoms with van der Waals surface area (Å²) in [5, 5.41) is 1.60. The van der Waals surface area contributed by atoms with Gasteiger partial charge in [0.1, 0.15) is 16.8 Å². The normalized spacial score (nSPS) is 26.7. The van der Waals surface area contributed by atoms with Crippen LogP contribution in [0.3, 0.4) is 0 Å². The van der Waals surface area contributed by atoms with Gasteiger partial charge in [0.2, 0.25) is 17.8 Å². The first-order chi connectivity index (χ1) is 12.8. The van der Waals surface area contributed by atoms with Crippen LogP contribution in [0.4, 0.5) is 0 Å². The number of fused-ring (bicyclic) bond motifs is 1. The summed E-state index contributed by atoms with van der Waals surface area (Å²) >= 11 is 3.55. The number of thiazole rings is 1. The summed E-state index contributed by atoms with van der Waals surface area (Å²) < 4.78 is 9.75. The number of nitrogens with two attached hydrogens (primary N) is 1. The van der Waals surface area contributed by atoms with Gasteiger partial charge in [-0.15, -0.1) is 23.1 Å². The zero-order chi connectivity index (χ0) is 19.6. The van der Waals surface area contributed by atoms with Gasteiger partial charge in [-0.25, -0.2) is 4.98 Å². The first kappa shape index (κ1) is 20.1. The van der Waals surface area contributed by atoms with Crippen molar-refractivity contribution in [2.45, 2.75) is 18.3 Å². The average Bonchev–Trinajstić information content (AvgIpc) is 3.19. The number of aromatic nitrogens is 1. The molecule has 12 heteroatoms. The lowest BCUT2D eigenvalue weighted by Crippen LogP contribution is -2.72. The summed E-state index contributed by atoms with van der Waals surface area (Å²) in [4.78, 5) is 53.4. The Morgan fingerprint density at radius 3 is 2.89 bits per heavy atom. The summed E-state index contributed by atoms with van der Waals surface area (Å²) in [6.45, 7) is 0.796. The van der Waals surface area contributed by atoms with Crippen molar-refractivity contribution in [1.82, 2.24) is 9.88 Å². The SMILES string of the molecule is CC(=O)OCOC(=O)C1(CSC(=O)c2nccs2)CS[C@@H]2C(N)C(=O)N2C1. The molecule has 146 valence electrons. The van der Waals surface area contributed by atoms with E-state index in [2.05, 4.69) is 9.72 Å². The second-order valence-corrected chi connectivity index (χ2v) is 9.02. The molecule has 0 radical (unpaired) electrons. The fourth-order valence-electron chi connectivity index (χ4n) is 2.71. The van der Waals surface area contributed by atoms with Crippen LogP contribution in [0.5, 0.6) is 0 Å². The van der Waals surface area contributed by atoms with Crippen LogP contribution < -0.4 is 5.73 Å². The Labute approximate surface area is 167 Å². The fraction of sp³-hybridized carbons (Fsp3) is 0.533. The number of esters is 2. The molecule has 0 bridgehead atoms. The molecule has 27 heavy (non-hydrogen) atoms. The van der Waals surface area contributed by atoms with E-state index in [9.17, 15) is 19.2 Å². The molecule has 1 aromatic rings. The van der Waals surface area contributed by atoms with E-state index in [0.717, 1.165) is 11.8 Å². The molecule has 2 N–H and O–H groups in total. The van der Waals surface area contributed by atoms with E-state index in [-0.39, 0.29) is 28.7 Å². The highest BCUT2D eigenvalue weighted by Crippen LogP contribution is 2.43. The summed E-state index contributed by atoms with van der Waals surface area (Å²) in [6, 6.07) is -0.574. The Morgan fingerprint density at radius 2 is 2.22 bits per heavy atom. The van der Waals surface area contributed by atoms with Gasteiger partial charge < -0.3 is 20.1 Å². The average molecular weight is 432 g/mol. The minimum Gasteiger partial charge on any atom is -0.428 e. The number of β-lactam (4-membered cyclic amide) rings is 1. The molecule has 3 atom stereocenters. The second kappa shape index (κ2) is 8.17. The predicted molar refractivity (Wildman–Crippen MR) is 100.0 cm³/mol. The Hall–Kier alpha value is -1.63. The van der Waals surface area contributed by atoms with Crippen LogP contribution in [0.2, 0.25) is 0 Å². The van der Waals surface area contributed by atoms with E-state index in [1.165, 1.54) is 41.1 Å². The monoisotopic (exact) mass is 431 g/mol. The van der Waals surface area contributed by atoms with Crippen molar-refractivity contribution in [2.75, 3.05) is 24.8 Å². The number of thioether (sulfide) groups is 2. The topological polar surface area (TPSA) is 129 Å². The van der Waals surface area contributed by atoms with Gasteiger partial charge >= 0.3 is 11.9 Å². The Balaban J connectivity index is 1.70. The first-order valence-corrected chi connectivity index (χ1v) is 10.8. The Bertz CT molecular complexity index is 758. The fourth-order valence-corrected chi connectivity index (χ4v) is 6.00. The predicted octanol–water partition coefficient (Wildman–Crippen LogP) is 0.309. The number of carbonyl (C=O) groups excluding carboxylic acids is 4. The third-order valence-electron chi connectivity index (χ3n) is 4.16. The summed E-state index contributed by atoms with van der Waals surface area (Å²) in [5.74, 6) is -0.981. The van der Waals surface area contributed by atoms with Crippen molar-refractivity contribution >= 4 is 57.8 Å². The van der Waals surface area contributed by atoms with E-state index >= 15 is 0 Å². The van der Waals surface area contributed by atoms with Gasteiger partial charge in [0, 0.05) is 36.6 Å². The van der Waals surface area contributed by atoms with Crippen LogP contribution in [0.1, 0.15) is 16.7 Å². The third-order valence-corrected chi connectivity index (χ3v) is 7.82. The standard InChI is InChI=1S/C15H17N3O6S3/c1-8(19)23-7-24-14(22)15(6-27-13(21)10-17-2-3-25-10)4-18-11(20)9(16)12(18)26-5-15/h2-3,9,12H,4-7,16H2,1H3/t9?,12-,15?/m1/s1. The number of hydrogen-bond donors (Lipinski definition) is 1. The summed E-state index contributed by atoms with van der Waals surface area (Å²) in [5.41, 5.74) is 4.69. The number of hydrogen-bond acceptors (Lipinski definition) is 11. The van der Waals surface area contributed by atoms with Crippen molar-refractivity contribution in [3.05, 3.63) is 16.6 Å². The third kappa shape index (κ3) is 4.13. The quantitative estimate of drug-likeness (QED) is 0.382. The lowest BCUT2D eigenvalue weighted by Gasteiger charge is -2.53. The first-order valence-electron chi connectivity index (χ1n) is 7.89. The van der Waals surface area contributed by atoms with E-state index in [0.29, 0.717) is 10.8 Å². The van der Waals surface area contributed by atoms with E-state index < -0.39 is 30.2 Å². The molecule has 3 rings (SSSR count). The van der Waals surface area contributed by atoms with Crippen molar-refractivity contribution in [2.24, 2.45) is 11.1 Å². The molecule has 2 saturated heterocycles. The lowest BCUT2D eigenvalue weighted by atomic mass is 9.89. The van der Waals surface area contributed by atoms with Gasteiger partial charge in [0.05, 0.1) is 0 Å². The summed E-state index contributed by atoms with van der Waals surface area (Å²) in [7, 11) is 0. The molecule has 2 fully saturated rings. The molecule has 2 aliphatic rings.